The summed E-state index contributed by atoms with van der Waals surface area (Å²) in [6.45, 7) is 13.5. The molecule has 2 atom stereocenters. The first kappa shape index (κ1) is 16.8. The van der Waals surface area contributed by atoms with Gasteiger partial charge in [-0.25, -0.2) is 0 Å². The number of hydrogen-bond acceptors (Lipinski definition) is 2. The fourth-order valence-corrected chi connectivity index (χ4v) is 3.29. The highest BCUT2D eigenvalue weighted by atomic mass is 79.9. The average Bonchev–Trinajstić information content (AvgIpc) is 2.39. The highest BCUT2D eigenvalue weighted by Crippen LogP contribution is 2.32. The SMILES string of the molecule is CC1CCC(C)N(c2cc(Br)ccc2CNC(C)(C)C)C1. The van der Waals surface area contributed by atoms with Gasteiger partial charge < -0.3 is 10.2 Å². The van der Waals surface area contributed by atoms with Crippen molar-refractivity contribution in [1.29, 1.82) is 0 Å². The minimum atomic E-state index is 0.144. The Labute approximate surface area is 138 Å². The molecule has 1 saturated heterocycles. The molecule has 0 saturated carbocycles. The lowest BCUT2D eigenvalue weighted by Gasteiger charge is -2.40. The maximum absolute atomic E-state index is 3.64. The molecule has 2 unspecified atom stereocenters. The standard InChI is InChI=1S/C18H29BrN2/c1-13-6-7-14(2)21(12-13)17-10-16(19)9-8-15(17)11-20-18(3,4)5/h8-10,13-14,20H,6-7,11-12H2,1-5H3. The molecule has 1 aromatic rings. The third-order valence-corrected chi connectivity index (χ3v) is 4.78. The molecule has 118 valence electrons. The second-order valence-electron chi connectivity index (χ2n) is 7.56. The maximum atomic E-state index is 3.64. The summed E-state index contributed by atoms with van der Waals surface area (Å²) in [6.07, 6.45) is 2.64. The van der Waals surface area contributed by atoms with Crippen LogP contribution in [-0.4, -0.2) is 18.1 Å². The summed E-state index contributed by atoms with van der Waals surface area (Å²) >= 11 is 3.64. The van der Waals surface area contributed by atoms with E-state index in [2.05, 4.69) is 79.0 Å². The summed E-state index contributed by atoms with van der Waals surface area (Å²) in [5.41, 5.74) is 2.93. The molecule has 1 aliphatic rings. The van der Waals surface area contributed by atoms with Gasteiger partial charge in [0.1, 0.15) is 0 Å². The molecule has 21 heavy (non-hydrogen) atoms. The van der Waals surface area contributed by atoms with E-state index in [-0.39, 0.29) is 5.54 Å². The van der Waals surface area contributed by atoms with Gasteiger partial charge in [0.2, 0.25) is 0 Å². The van der Waals surface area contributed by atoms with Crippen LogP contribution in [0, 0.1) is 5.92 Å². The molecule has 0 radical (unpaired) electrons. The van der Waals surface area contributed by atoms with Crippen LogP contribution >= 0.6 is 15.9 Å². The van der Waals surface area contributed by atoms with E-state index in [0.29, 0.717) is 6.04 Å². The summed E-state index contributed by atoms with van der Waals surface area (Å²) in [6, 6.07) is 7.32. The van der Waals surface area contributed by atoms with Crippen LogP contribution in [0.15, 0.2) is 22.7 Å². The van der Waals surface area contributed by atoms with Crippen molar-refractivity contribution in [2.75, 3.05) is 11.4 Å². The first-order valence-corrected chi connectivity index (χ1v) is 8.85. The monoisotopic (exact) mass is 352 g/mol. The van der Waals surface area contributed by atoms with E-state index in [1.807, 2.05) is 0 Å². The molecule has 0 amide bonds. The largest absolute Gasteiger partial charge is 0.368 e. The van der Waals surface area contributed by atoms with E-state index >= 15 is 0 Å². The zero-order chi connectivity index (χ0) is 15.6. The summed E-state index contributed by atoms with van der Waals surface area (Å²) in [7, 11) is 0. The Morgan fingerprint density at radius 2 is 1.95 bits per heavy atom. The maximum Gasteiger partial charge on any atom is 0.0425 e. The third-order valence-electron chi connectivity index (χ3n) is 4.28. The molecule has 0 aliphatic carbocycles. The molecule has 3 heteroatoms. The van der Waals surface area contributed by atoms with Crippen molar-refractivity contribution in [2.45, 2.75) is 65.6 Å². The van der Waals surface area contributed by atoms with Gasteiger partial charge in [-0.05, 0) is 64.2 Å². The van der Waals surface area contributed by atoms with Crippen molar-refractivity contribution in [3.63, 3.8) is 0 Å². The van der Waals surface area contributed by atoms with E-state index in [9.17, 15) is 0 Å². The molecule has 1 fully saturated rings. The van der Waals surface area contributed by atoms with Crippen LogP contribution in [-0.2, 0) is 6.54 Å². The molecule has 1 aromatic carbocycles. The molecule has 0 spiro atoms. The van der Waals surface area contributed by atoms with E-state index in [1.165, 1.54) is 35.1 Å². The molecular weight excluding hydrogens is 324 g/mol. The Morgan fingerprint density at radius 3 is 2.62 bits per heavy atom. The van der Waals surface area contributed by atoms with Crippen molar-refractivity contribution in [1.82, 2.24) is 5.32 Å². The minimum Gasteiger partial charge on any atom is -0.368 e. The molecule has 0 bridgehead atoms. The molecule has 1 N–H and O–H groups in total. The van der Waals surface area contributed by atoms with Gasteiger partial charge in [-0.1, -0.05) is 28.9 Å². The van der Waals surface area contributed by atoms with Crippen molar-refractivity contribution in [3.8, 4) is 0 Å². The van der Waals surface area contributed by atoms with Gasteiger partial charge in [-0.15, -0.1) is 0 Å². The highest BCUT2D eigenvalue weighted by Gasteiger charge is 2.25. The summed E-state index contributed by atoms with van der Waals surface area (Å²) < 4.78 is 1.17. The van der Waals surface area contributed by atoms with Gasteiger partial charge in [0.25, 0.3) is 0 Å². The Bertz CT molecular complexity index is 479. The van der Waals surface area contributed by atoms with E-state index < -0.39 is 0 Å². The van der Waals surface area contributed by atoms with Crippen molar-refractivity contribution < 1.29 is 0 Å². The molecular formula is C18H29BrN2. The Balaban J connectivity index is 2.25. The smallest absolute Gasteiger partial charge is 0.0425 e. The topological polar surface area (TPSA) is 15.3 Å². The number of hydrogen-bond donors (Lipinski definition) is 1. The molecule has 1 aliphatic heterocycles. The van der Waals surface area contributed by atoms with E-state index in [1.54, 1.807) is 0 Å². The average molecular weight is 353 g/mol. The lowest BCUT2D eigenvalue weighted by Crippen LogP contribution is -2.42. The number of piperidine rings is 1. The Kier molecular flexibility index (Phi) is 5.37. The van der Waals surface area contributed by atoms with Crippen molar-refractivity contribution >= 4 is 21.6 Å². The minimum absolute atomic E-state index is 0.144. The van der Waals surface area contributed by atoms with Crippen LogP contribution in [0.5, 0.6) is 0 Å². The number of nitrogens with zero attached hydrogens (tertiary/aromatic N) is 1. The summed E-state index contributed by atoms with van der Waals surface area (Å²) in [5.74, 6) is 0.781. The first-order chi connectivity index (χ1) is 9.76. The number of halogens is 1. The lowest BCUT2D eigenvalue weighted by atomic mass is 9.93. The fraction of sp³-hybridized carbons (Fsp3) is 0.667. The van der Waals surface area contributed by atoms with Crippen LogP contribution < -0.4 is 10.2 Å². The second kappa shape index (κ2) is 6.70. The van der Waals surface area contributed by atoms with Gasteiger partial charge in [0.15, 0.2) is 0 Å². The molecule has 0 aromatic heterocycles. The van der Waals surface area contributed by atoms with Crippen LogP contribution in [0.3, 0.4) is 0 Å². The predicted octanol–water partition coefficient (Wildman–Crippen LogP) is 4.96. The third kappa shape index (κ3) is 4.72. The van der Waals surface area contributed by atoms with Crippen molar-refractivity contribution in [3.05, 3.63) is 28.2 Å². The highest BCUT2D eigenvalue weighted by molar-refractivity contribution is 9.10. The number of nitrogens with one attached hydrogen (secondary N) is 1. The molecule has 2 rings (SSSR count). The fourth-order valence-electron chi connectivity index (χ4n) is 2.94. The predicted molar refractivity (Wildman–Crippen MR) is 95.9 cm³/mol. The van der Waals surface area contributed by atoms with Gasteiger partial charge >= 0.3 is 0 Å². The normalized spacial score (nSPS) is 23.4. The van der Waals surface area contributed by atoms with E-state index in [0.717, 1.165) is 12.5 Å². The van der Waals surface area contributed by atoms with Crippen LogP contribution in [0.1, 0.15) is 53.0 Å². The van der Waals surface area contributed by atoms with Gasteiger partial charge in [-0.2, -0.15) is 0 Å². The van der Waals surface area contributed by atoms with E-state index in [4.69, 9.17) is 0 Å². The van der Waals surface area contributed by atoms with Crippen molar-refractivity contribution in [2.24, 2.45) is 5.92 Å². The molecule has 2 nitrogen and oxygen atoms in total. The zero-order valence-electron chi connectivity index (χ0n) is 14.0. The number of benzene rings is 1. The number of rotatable bonds is 3. The van der Waals surface area contributed by atoms with Gasteiger partial charge in [0, 0.05) is 34.8 Å². The zero-order valence-corrected chi connectivity index (χ0v) is 15.6. The van der Waals surface area contributed by atoms with Gasteiger partial charge in [0.05, 0.1) is 0 Å². The van der Waals surface area contributed by atoms with Gasteiger partial charge in [-0.3, -0.25) is 0 Å². The van der Waals surface area contributed by atoms with Crippen LogP contribution in [0.4, 0.5) is 5.69 Å². The Morgan fingerprint density at radius 1 is 1.24 bits per heavy atom. The number of anilines is 1. The van der Waals surface area contributed by atoms with Crippen LogP contribution in [0.2, 0.25) is 0 Å². The second-order valence-corrected chi connectivity index (χ2v) is 8.48. The summed E-state index contributed by atoms with van der Waals surface area (Å²) in [4.78, 5) is 2.60. The first-order valence-electron chi connectivity index (χ1n) is 8.06. The Hall–Kier alpha value is -0.540. The lowest BCUT2D eigenvalue weighted by molar-refractivity contribution is 0.387. The quantitative estimate of drug-likeness (QED) is 0.826. The molecule has 1 heterocycles. The summed E-state index contributed by atoms with van der Waals surface area (Å²) in [5, 5.41) is 3.62. The van der Waals surface area contributed by atoms with Crippen LogP contribution in [0.25, 0.3) is 0 Å².